The molecule has 6 heteroatoms. The lowest BCUT2D eigenvalue weighted by Gasteiger charge is -2.12. The second kappa shape index (κ2) is 9.37. The van der Waals surface area contributed by atoms with Crippen LogP contribution < -0.4 is 10.1 Å². The zero-order valence-corrected chi connectivity index (χ0v) is 16.7. The first-order chi connectivity index (χ1) is 13.6. The summed E-state index contributed by atoms with van der Waals surface area (Å²) in [7, 11) is 1.50. The van der Waals surface area contributed by atoms with Gasteiger partial charge in [0.1, 0.15) is 18.2 Å². The number of aryl methyl sites for hydroxylation is 3. The summed E-state index contributed by atoms with van der Waals surface area (Å²) in [5.74, 6) is 1.61. The van der Waals surface area contributed by atoms with Crippen LogP contribution >= 0.6 is 0 Å². The minimum Gasteiger partial charge on any atom is -0.493 e. The van der Waals surface area contributed by atoms with E-state index in [0.29, 0.717) is 13.2 Å². The van der Waals surface area contributed by atoms with Crippen LogP contribution in [0.25, 0.3) is 11.0 Å². The van der Waals surface area contributed by atoms with Gasteiger partial charge in [-0.2, -0.15) is 0 Å². The van der Waals surface area contributed by atoms with E-state index in [-0.39, 0.29) is 12.5 Å². The number of aromatic nitrogens is 2. The minimum absolute atomic E-state index is 0.0455. The number of rotatable bonds is 9. The highest BCUT2D eigenvalue weighted by Crippen LogP contribution is 2.20. The number of ether oxygens (including phenoxy) is 2. The zero-order chi connectivity index (χ0) is 19.9. The molecule has 1 heterocycles. The van der Waals surface area contributed by atoms with Crippen molar-refractivity contribution in [3.05, 3.63) is 59.4 Å². The summed E-state index contributed by atoms with van der Waals surface area (Å²) in [6.07, 6.45) is 0.840. The maximum absolute atomic E-state index is 11.7. The molecule has 1 aromatic heterocycles. The van der Waals surface area contributed by atoms with Crippen LogP contribution in [0.5, 0.6) is 5.75 Å². The lowest BCUT2D eigenvalue weighted by molar-refractivity contribution is -0.124. The number of hydrogen-bond acceptors (Lipinski definition) is 4. The molecule has 0 unspecified atom stereocenters. The minimum atomic E-state index is -0.153. The van der Waals surface area contributed by atoms with Gasteiger partial charge in [-0.1, -0.05) is 24.3 Å². The topological polar surface area (TPSA) is 65.4 Å². The molecule has 0 aliphatic heterocycles. The average Bonchev–Trinajstić information content (AvgIpc) is 3.04. The van der Waals surface area contributed by atoms with Gasteiger partial charge in [-0.3, -0.25) is 4.79 Å². The summed E-state index contributed by atoms with van der Waals surface area (Å²) in [6, 6.07) is 14.2. The molecule has 0 saturated heterocycles. The van der Waals surface area contributed by atoms with Crippen molar-refractivity contribution in [3.63, 3.8) is 0 Å². The number of carbonyl (C=O) groups excluding carboxylic acids is 1. The summed E-state index contributed by atoms with van der Waals surface area (Å²) in [5.41, 5.74) is 4.31. The van der Waals surface area contributed by atoms with E-state index in [1.165, 1.54) is 12.7 Å². The quantitative estimate of drug-likeness (QED) is 0.577. The molecule has 0 fully saturated rings. The number of benzene rings is 2. The molecule has 0 aliphatic carbocycles. The van der Waals surface area contributed by atoms with Gasteiger partial charge in [-0.05, 0) is 49.6 Å². The summed E-state index contributed by atoms with van der Waals surface area (Å²) in [5, 5.41) is 2.85. The van der Waals surface area contributed by atoms with Crippen molar-refractivity contribution in [2.24, 2.45) is 0 Å². The molecular weight excluding hydrogens is 354 g/mol. The number of imidazole rings is 1. The highest BCUT2D eigenvalue weighted by Gasteiger charge is 2.11. The standard InChI is InChI=1S/C22H27N3O3/c1-16-9-10-17(2)20(13-16)28-12-6-11-25-19-8-5-4-7-18(19)24-21(25)14-23-22(26)15-27-3/h4-5,7-10,13H,6,11-12,14-15H2,1-3H3,(H,23,26). The Morgan fingerprint density at radius 2 is 2.00 bits per heavy atom. The molecule has 6 nitrogen and oxygen atoms in total. The molecule has 2 aromatic carbocycles. The summed E-state index contributed by atoms with van der Waals surface area (Å²) < 4.78 is 13.0. The van der Waals surface area contributed by atoms with Gasteiger partial charge in [-0.25, -0.2) is 4.98 Å². The number of para-hydroxylation sites is 2. The summed E-state index contributed by atoms with van der Waals surface area (Å²) in [6.45, 7) is 5.92. The van der Waals surface area contributed by atoms with Gasteiger partial charge < -0.3 is 19.4 Å². The van der Waals surface area contributed by atoms with Gasteiger partial charge in [0, 0.05) is 13.7 Å². The molecule has 3 aromatic rings. The SMILES string of the molecule is COCC(=O)NCc1nc2ccccc2n1CCCOc1cc(C)ccc1C. The fourth-order valence-electron chi connectivity index (χ4n) is 3.14. The van der Waals surface area contributed by atoms with E-state index >= 15 is 0 Å². The van der Waals surface area contributed by atoms with E-state index in [9.17, 15) is 4.79 Å². The Bertz CT molecular complexity index is 949. The van der Waals surface area contributed by atoms with Crippen LogP contribution in [-0.4, -0.2) is 35.8 Å². The van der Waals surface area contributed by atoms with Gasteiger partial charge in [0.25, 0.3) is 0 Å². The largest absolute Gasteiger partial charge is 0.493 e. The molecule has 0 atom stereocenters. The lowest BCUT2D eigenvalue weighted by atomic mass is 10.1. The van der Waals surface area contributed by atoms with Gasteiger partial charge in [0.2, 0.25) is 5.91 Å². The van der Waals surface area contributed by atoms with Crippen molar-refractivity contribution in [2.45, 2.75) is 33.4 Å². The van der Waals surface area contributed by atoms with Gasteiger partial charge >= 0.3 is 0 Å². The second-order valence-corrected chi connectivity index (χ2v) is 6.85. The normalized spacial score (nSPS) is 11.0. The van der Waals surface area contributed by atoms with Crippen molar-refractivity contribution in [1.29, 1.82) is 0 Å². The molecule has 1 amide bonds. The monoisotopic (exact) mass is 381 g/mol. The molecule has 0 saturated carbocycles. The van der Waals surface area contributed by atoms with E-state index < -0.39 is 0 Å². The van der Waals surface area contributed by atoms with Crippen molar-refractivity contribution >= 4 is 16.9 Å². The molecule has 3 rings (SSSR count). The van der Waals surface area contributed by atoms with E-state index in [1.807, 2.05) is 24.3 Å². The van der Waals surface area contributed by atoms with Crippen LogP contribution in [0, 0.1) is 13.8 Å². The van der Waals surface area contributed by atoms with Crippen LogP contribution in [0.1, 0.15) is 23.4 Å². The Balaban J connectivity index is 1.66. The maximum atomic E-state index is 11.7. The van der Waals surface area contributed by atoms with E-state index in [0.717, 1.165) is 41.1 Å². The molecule has 28 heavy (non-hydrogen) atoms. The second-order valence-electron chi connectivity index (χ2n) is 6.85. The maximum Gasteiger partial charge on any atom is 0.246 e. The Morgan fingerprint density at radius 1 is 1.18 bits per heavy atom. The molecular formula is C22H27N3O3. The van der Waals surface area contributed by atoms with Crippen LogP contribution in [0.4, 0.5) is 0 Å². The van der Waals surface area contributed by atoms with Crippen LogP contribution in [-0.2, 0) is 22.6 Å². The fraction of sp³-hybridized carbons (Fsp3) is 0.364. The van der Waals surface area contributed by atoms with Crippen molar-refractivity contribution in [3.8, 4) is 5.75 Å². The van der Waals surface area contributed by atoms with E-state index in [1.54, 1.807) is 0 Å². The molecule has 148 valence electrons. The fourth-order valence-corrected chi connectivity index (χ4v) is 3.14. The van der Waals surface area contributed by atoms with Crippen LogP contribution in [0.3, 0.4) is 0 Å². The van der Waals surface area contributed by atoms with Crippen LogP contribution in [0.2, 0.25) is 0 Å². The number of carbonyl (C=O) groups is 1. The van der Waals surface area contributed by atoms with Crippen molar-refractivity contribution in [2.75, 3.05) is 20.3 Å². The van der Waals surface area contributed by atoms with E-state index in [2.05, 4.69) is 46.9 Å². The summed E-state index contributed by atoms with van der Waals surface area (Å²) >= 11 is 0. The molecule has 0 aliphatic rings. The number of fused-ring (bicyclic) bond motifs is 1. The third-order valence-corrected chi connectivity index (χ3v) is 4.58. The van der Waals surface area contributed by atoms with Gasteiger partial charge in [0.05, 0.1) is 24.2 Å². The predicted octanol–water partition coefficient (Wildman–Crippen LogP) is 3.38. The highest BCUT2D eigenvalue weighted by molar-refractivity contribution is 5.78. The first-order valence-corrected chi connectivity index (χ1v) is 9.48. The molecule has 0 radical (unpaired) electrons. The highest BCUT2D eigenvalue weighted by atomic mass is 16.5. The number of hydrogen-bond donors (Lipinski definition) is 1. The van der Waals surface area contributed by atoms with E-state index in [4.69, 9.17) is 9.47 Å². The van der Waals surface area contributed by atoms with Gasteiger partial charge in [-0.15, -0.1) is 0 Å². The zero-order valence-electron chi connectivity index (χ0n) is 16.7. The Kier molecular flexibility index (Phi) is 6.66. The number of methoxy groups -OCH3 is 1. The van der Waals surface area contributed by atoms with Gasteiger partial charge in [0.15, 0.2) is 0 Å². The third-order valence-electron chi connectivity index (χ3n) is 4.58. The van der Waals surface area contributed by atoms with Crippen LogP contribution in [0.15, 0.2) is 42.5 Å². The Labute approximate surface area is 165 Å². The number of nitrogens with zero attached hydrogens (tertiary/aromatic N) is 2. The average molecular weight is 381 g/mol. The summed E-state index contributed by atoms with van der Waals surface area (Å²) in [4.78, 5) is 16.4. The Morgan fingerprint density at radius 3 is 2.82 bits per heavy atom. The molecule has 0 spiro atoms. The number of nitrogens with one attached hydrogen (secondary N) is 1. The van der Waals surface area contributed by atoms with Crippen molar-refractivity contribution < 1.29 is 14.3 Å². The van der Waals surface area contributed by atoms with Crippen molar-refractivity contribution in [1.82, 2.24) is 14.9 Å². The predicted molar refractivity (Wildman–Crippen MR) is 109 cm³/mol. The first-order valence-electron chi connectivity index (χ1n) is 9.48. The number of amides is 1. The first kappa shape index (κ1) is 19.9. The smallest absolute Gasteiger partial charge is 0.246 e. The third kappa shape index (κ3) is 4.89. The molecule has 1 N–H and O–H groups in total. The Hall–Kier alpha value is -2.86. The molecule has 0 bridgehead atoms. The lowest BCUT2D eigenvalue weighted by Crippen LogP contribution is -2.28.